The lowest BCUT2D eigenvalue weighted by atomic mass is 9.87. The monoisotopic (exact) mass is 973 g/mol. The number of phosphoric ester groups is 3. The number of aromatic nitrogens is 4. The van der Waals surface area contributed by atoms with Gasteiger partial charge >= 0.3 is 23.5 Å². The highest BCUT2D eigenvalue weighted by Crippen LogP contribution is 2.61. The smallest absolute Gasteiger partial charge is 0.386 e. The lowest BCUT2D eigenvalue weighted by molar-refractivity contribution is -0.137. The number of phosphoric acid groups is 3. The molecule has 1 aliphatic heterocycles. The Morgan fingerprint density at radius 3 is 2.37 bits per heavy atom. The van der Waals surface area contributed by atoms with Gasteiger partial charge < -0.3 is 50.9 Å². The topological polar surface area (TPSA) is 364 Å². The predicted molar refractivity (Wildman–Crippen MR) is 228 cm³/mol. The van der Waals surface area contributed by atoms with Crippen LogP contribution in [0.25, 0.3) is 11.2 Å². The van der Waals surface area contributed by atoms with Crippen LogP contribution in [0, 0.1) is 5.41 Å². The van der Waals surface area contributed by atoms with Crippen molar-refractivity contribution in [2.45, 2.75) is 109 Å². The normalized spacial score (nSPS) is 20.8. The average molecular weight is 974 g/mol. The molecule has 356 valence electrons. The second-order valence-electron chi connectivity index (χ2n) is 14.9. The first-order chi connectivity index (χ1) is 29.6. The molecule has 2 amide bonds. The number of nitrogen functional groups attached to an aromatic ring is 1. The number of carbonyl (C=O) groups is 3. The maximum atomic E-state index is 12.7. The van der Waals surface area contributed by atoms with Crippen molar-refractivity contribution < 1.29 is 80.5 Å². The molecule has 1 saturated heterocycles. The molecule has 0 bridgehead atoms. The summed E-state index contributed by atoms with van der Waals surface area (Å²) in [6, 6.07) is 0. The number of hydrogen-bond donors (Lipinski definition) is 9. The van der Waals surface area contributed by atoms with Crippen LogP contribution in [0.5, 0.6) is 0 Å². The van der Waals surface area contributed by atoms with Crippen molar-refractivity contribution in [1.29, 1.82) is 0 Å². The van der Waals surface area contributed by atoms with Gasteiger partial charge in [-0.3, -0.25) is 32.5 Å². The third-order valence-electron chi connectivity index (χ3n) is 9.20. The summed E-state index contributed by atoms with van der Waals surface area (Å²) in [6.45, 7) is 2.67. The van der Waals surface area contributed by atoms with Crippen molar-refractivity contribution in [2.24, 2.45) is 5.41 Å². The number of aliphatic hydroxyl groups excluding tert-OH is 2. The highest BCUT2D eigenvalue weighted by atomic mass is 32.2. The van der Waals surface area contributed by atoms with Gasteiger partial charge in [0.15, 0.2) is 17.7 Å². The number of nitrogens with zero attached hydrogens (tertiary/aromatic N) is 4. The second kappa shape index (κ2) is 25.7. The van der Waals surface area contributed by atoms with Gasteiger partial charge in [-0.25, -0.2) is 28.6 Å². The standard InChI is InChI=1S/C35H58N7O17P3S/c1-4-5-6-7-8-9-10-11-12-13-14-15-26(44)63-19-18-37-25(43)16-17-38-33(47)30(46)35(2,3)21-56-62(53,54)59-61(51,52)55-20-24-29(58-60(48,49)50)28(45)34(57-24)42-23-41-27-31(36)39-22-40-32(27)42/h12-15,22-24,28-30,34,45-46H,4-11,16-21H2,1-3H3,(H,37,43)(H,38,47)(H,51,52)(H,53,54)(H2,36,39,40)(H2,48,49,50)/t24-,28-,29-,30+,34-/m1/s1. The number of anilines is 1. The molecule has 0 aromatic carbocycles. The van der Waals surface area contributed by atoms with Crippen molar-refractivity contribution in [1.82, 2.24) is 30.2 Å². The lowest BCUT2D eigenvalue weighted by Crippen LogP contribution is -2.46. The van der Waals surface area contributed by atoms with Gasteiger partial charge in [-0.2, -0.15) is 4.31 Å². The van der Waals surface area contributed by atoms with Gasteiger partial charge in [-0.1, -0.05) is 89.3 Å². The van der Waals surface area contributed by atoms with E-state index in [-0.39, 0.29) is 41.6 Å². The molecule has 2 unspecified atom stereocenters. The Bertz CT molecular complexity index is 2020. The molecule has 0 saturated carbocycles. The highest BCUT2D eigenvalue weighted by Gasteiger charge is 2.50. The molecule has 63 heavy (non-hydrogen) atoms. The zero-order valence-corrected chi connectivity index (χ0v) is 38.5. The van der Waals surface area contributed by atoms with Gasteiger partial charge in [-0.15, -0.1) is 0 Å². The fourth-order valence-electron chi connectivity index (χ4n) is 5.86. The molecule has 28 heteroatoms. The van der Waals surface area contributed by atoms with E-state index < -0.39 is 84.6 Å². The molecule has 1 aliphatic rings. The van der Waals surface area contributed by atoms with E-state index >= 15 is 0 Å². The van der Waals surface area contributed by atoms with Crippen LogP contribution in [0.1, 0.15) is 84.8 Å². The third kappa shape index (κ3) is 19.2. The zero-order valence-electron chi connectivity index (χ0n) is 35.0. The van der Waals surface area contributed by atoms with E-state index in [2.05, 4.69) is 41.3 Å². The summed E-state index contributed by atoms with van der Waals surface area (Å²) >= 11 is 1.03. The van der Waals surface area contributed by atoms with E-state index in [4.69, 9.17) is 19.5 Å². The molecule has 10 N–H and O–H groups in total. The Morgan fingerprint density at radius 2 is 1.67 bits per heavy atom. The number of rotatable bonds is 29. The molecule has 2 aromatic heterocycles. The molecular weight excluding hydrogens is 915 g/mol. The molecule has 3 heterocycles. The largest absolute Gasteiger partial charge is 0.481 e. The summed E-state index contributed by atoms with van der Waals surface area (Å²) in [5.41, 5.74) is 4.27. The number of amides is 2. The van der Waals surface area contributed by atoms with Crippen LogP contribution in [0.2, 0.25) is 0 Å². The van der Waals surface area contributed by atoms with Crippen molar-refractivity contribution >= 4 is 69.1 Å². The number of ether oxygens (including phenoxy) is 1. The van der Waals surface area contributed by atoms with Crippen LogP contribution in [0.4, 0.5) is 5.82 Å². The Kier molecular flexibility index (Phi) is 22.1. The zero-order chi connectivity index (χ0) is 46.8. The Morgan fingerprint density at radius 1 is 0.984 bits per heavy atom. The minimum absolute atomic E-state index is 0.0306. The minimum Gasteiger partial charge on any atom is -0.386 e. The molecule has 1 fully saturated rings. The highest BCUT2D eigenvalue weighted by molar-refractivity contribution is 8.14. The van der Waals surface area contributed by atoms with Crippen molar-refractivity contribution in [3.8, 4) is 0 Å². The maximum Gasteiger partial charge on any atom is 0.481 e. The Balaban J connectivity index is 1.38. The summed E-state index contributed by atoms with van der Waals surface area (Å²) in [5, 5.41) is 26.3. The summed E-state index contributed by atoms with van der Waals surface area (Å²) in [5.74, 6) is -1.14. The molecule has 0 radical (unpaired) electrons. The van der Waals surface area contributed by atoms with Gasteiger partial charge in [0.1, 0.15) is 36.3 Å². The SMILES string of the molecule is CCCCCCCCCC=CC=CC(=O)SCCNC(=O)CCNC(=O)[C@H](O)C(C)(C)COP(=O)(O)OP(=O)(O)OC[C@H]1O[C@@H](n2cnc3c(N)ncnc32)[C@H](O)[C@@H]1OP(=O)(O)O. The fourth-order valence-corrected chi connectivity index (χ4v) is 9.27. The van der Waals surface area contributed by atoms with Crippen molar-refractivity contribution in [2.75, 3.05) is 37.8 Å². The van der Waals surface area contributed by atoms with Gasteiger partial charge in [0.2, 0.25) is 16.9 Å². The van der Waals surface area contributed by atoms with Gasteiger partial charge in [0.25, 0.3) is 0 Å². The van der Waals surface area contributed by atoms with E-state index in [0.29, 0.717) is 5.75 Å². The fraction of sp³-hybridized carbons (Fsp3) is 0.657. The number of nitrogens with one attached hydrogen (secondary N) is 2. The first-order valence-electron chi connectivity index (χ1n) is 19.9. The number of fused-ring (bicyclic) bond motifs is 1. The van der Waals surface area contributed by atoms with Gasteiger partial charge in [0, 0.05) is 30.7 Å². The third-order valence-corrected chi connectivity index (χ3v) is 13.1. The van der Waals surface area contributed by atoms with Crippen molar-refractivity contribution in [3.63, 3.8) is 0 Å². The quantitative estimate of drug-likeness (QED) is 0.0245. The van der Waals surface area contributed by atoms with E-state index in [1.807, 2.05) is 12.2 Å². The molecule has 0 aliphatic carbocycles. The number of hydrogen-bond acceptors (Lipinski definition) is 18. The molecule has 24 nitrogen and oxygen atoms in total. The maximum absolute atomic E-state index is 12.7. The molecular formula is C35H58N7O17P3S. The summed E-state index contributed by atoms with van der Waals surface area (Å²) in [7, 11) is -16.4. The van der Waals surface area contributed by atoms with Gasteiger partial charge in [-0.05, 0) is 18.9 Å². The van der Waals surface area contributed by atoms with Crippen LogP contribution < -0.4 is 16.4 Å². The number of allylic oxidation sites excluding steroid dienone is 3. The molecule has 3 rings (SSSR count). The Hall–Kier alpha value is -2.96. The second-order valence-corrected chi connectivity index (χ2v) is 20.3. The number of thioether (sulfide) groups is 1. The number of carbonyl (C=O) groups excluding carboxylic acids is 3. The van der Waals surface area contributed by atoms with Crippen LogP contribution in [-0.2, 0) is 50.7 Å². The predicted octanol–water partition coefficient (Wildman–Crippen LogP) is 2.92. The number of nitrogens with two attached hydrogens (primary N) is 1. The Labute approximate surface area is 368 Å². The number of aliphatic hydroxyl groups is 2. The average Bonchev–Trinajstić information content (AvgIpc) is 3.76. The van der Waals surface area contributed by atoms with Crippen LogP contribution in [-0.4, -0.2) is 123 Å². The first-order valence-corrected chi connectivity index (χ1v) is 25.5. The molecule has 7 atom stereocenters. The first kappa shape index (κ1) is 54.4. The number of unbranched alkanes of at least 4 members (excludes halogenated alkanes) is 7. The van der Waals surface area contributed by atoms with Crippen LogP contribution in [0.3, 0.4) is 0 Å². The molecule has 2 aromatic rings. The number of imidazole rings is 1. The van der Waals surface area contributed by atoms with Gasteiger partial charge in [0.05, 0.1) is 19.5 Å². The van der Waals surface area contributed by atoms with E-state index in [1.54, 1.807) is 6.08 Å². The summed E-state index contributed by atoms with van der Waals surface area (Å²) in [6.07, 6.45) is 9.66. The lowest BCUT2D eigenvalue weighted by Gasteiger charge is -2.30. The van der Waals surface area contributed by atoms with E-state index in [9.17, 15) is 57.9 Å². The van der Waals surface area contributed by atoms with E-state index in [1.165, 1.54) is 58.4 Å². The minimum atomic E-state index is -5.58. The van der Waals surface area contributed by atoms with Crippen molar-refractivity contribution in [3.05, 3.63) is 37.0 Å². The van der Waals surface area contributed by atoms with E-state index in [0.717, 1.165) is 41.8 Å². The molecule has 0 spiro atoms. The van der Waals surface area contributed by atoms with Crippen LogP contribution >= 0.6 is 35.2 Å². The summed E-state index contributed by atoms with van der Waals surface area (Å²) < 4.78 is 62.3. The van der Waals surface area contributed by atoms with Crippen LogP contribution in [0.15, 0.2) is 37.0 Å². The summed E-state index contributed by atoms with van der Waals surface area (Å²) in [4.78, 5) is 88.0.